The molecule has 3 aromatic rings. The van der Waals surface area contributed by atoms with E-state index in [1.807, 2.05) is 31.2 Å². The van der Waals surface area contributed by atoms with Gasteiger partial charge < -0.3 is 4.90 Å². The van der Waals surface area contributed by atoms with Crippen LogP contribution in [0.2, 0.25) is 0 Å². The van der Waals surface area contributed by atoms with E-state index in [0.29, 0.717) is 36.4 Å². The lowest BCUT2D eigenvalue weighted by Crippen LogP contribution is -2.47. The average Bonchev–Trinajstić information content (AvgIpc) is 2.82. The Hall–Kier alpha value is -3.58. The Morgan fingerprint density at radius 3 is 2.42 bits per heavy atom. The highest BCUT2D eigenvalue weighted by atomic mass is 19.1. The fourth-order valence-corrected chi connectivity index (χ4v) is 4.41. The predicted molar refractivity (Wildman–Crippen MR) is 126 cm³/mol. The maximum atomic E-state index is 13.6. The monoisotopic (exact) mass is 447 g/mol. The molecule has 6 nitrogen and oxygen atoms in total. The summed E-state index contributed by atoms with van der Waals surface area (Å²) < 4.78 is 13.6. The molecule has 170 valence electrons. The van der Waals surface area contributed by atoms with Gasteiger partial charge in [0.05, 0.1) is 4.92 Å². The molecule has 33 heavy (non-hydrogen) atoms. The number of likely N-dealkylation sites (tertiary alicyclic amines) is 1. The molecule has 1 amide bonds. The number of benzene rings is 3. The largest absolute Gasteiger partial charge is 0.305 e. The van der Waals surface area contributed by atoms with Crippen molar-refractivity contribution in [1.29, 1.82) is 0 Å². The molecule has 4 rings (SSSR count). The van der Waals surface area contributed by atoms with Gasteiger partial charge in [0.25, 0.3) is 11.6 Å². The predicted octanol–water partition coefficient (Wildman–Crippen LogP) is 5.35. The van der Waals surface area contributed by atoms with E-state index in [4.69, 9.17) is 0 Å². The molecule has 1 fully saturated rings. The second kappa shape index (κ2) is 9.92. The third-order valence-electron chi connectivity index (χ3n) is 6.09. The third-order valence-corrected chi connectivity index (χ3v) is 6.09. The molecule has 1 aliphatic heterocycles. The van der Waals surface area contributed by atoms with E-state index in [-0.39, 0.29) is 28.4 Å². The molecule has 1 saturated heterocycles. The first kappa shape index (κ1) is 22.6. The van der Waals surface area contributed by atoms with Gasteiger partial charge in [0.15, 0.2) is 0 Å². The highest BCUT2D eigenvalue weighted by molar-refractivity contribution is 6.06. The van der Waals surface area contributed by atoms with Gasteiger partial charge in [0, 0.05) is 48.6 Å². The van der Waals surface area contributed by atoms with Crippen molar-refractivity contribution < 1.29 is 14.1 Å². The summed E-state index contributed by atoms with van der Waals surface area (Å²) in [7, 11) is 0. The van der Waals surface area contributed by atoms with E-state index in [9.17, 15) is 19.3 Å². The quantitative estimate of drug-likeness (QED) is 0.377. The number of hydrogen-bond acceptors (Lipinski definition) is 4. The van der Waals surface area contributed by atoms with Crippen molar-refractivity contribution in [1.82, 2.24) is 4.90 Å². The smallest absolute Gasteiger partial charge is 0.273 e. The number of nitrogens with zero attached hydrogens (tertiary/aromatic N) is 3. The number of para-hydroxylation sites is 1. The van der Waals surface area contributed by atoms with Gasteiger partial charge in [0.2, 0.25) is 0 Å². The van der Waals surface area contributed by atoms with Crippen LogP contribution in [0, 0.1) is 22.9 Å². The number of rotatable bonds is 6. The molecule has 1 heterocycles. The summed E-state index contributed by atoms with van der Waals surface area (Å²) in [5.74, 6) is -0.455. The second-order valence-electron chi connectivity index (χ2n) is 8.41. The second-order valence-corrected chi connectivity index (χ2v) is 8.41. The van der Waals surface area contributed by atoms with Crippen molar-refractivity contribution in [3.05, 3.63) is 105 Å². The van der Waals surface area contributed by atoms with E-state index >= 15 is 0 Å². The van der Waals surface area contributed by atoms with Gasteiger partial charge in [-0.1, -0.05) is 35.9 Å². The van der Waals surface area contributed by atoms with Crippen LogP contribution >= 0.6 is 0 Å². The van der Waals surface area contributed by atoms with E-state index in [0.717, 1.165) is 18.4 Å². The van der Waals surface area contributed by atoms with Crippen molar-refractivity contribution in [2.24, 2.45) is 0 Å². The van der Waals surface area contributed by atoms with Crippen LogP contribution in [0.15, 0.2) is 72.8 Å². The Kier molecular flexibility index (Phi) is 6.79. The SMILES string of the molecule is Cc1cccc(C(=O)N(c2ccc(F)cc2)C2CCN(Cc3ccccc3[N+](=O)[O-])CC2)c1. The van der Waals surface area contributed by atoms with Crippen LogP contribution in [-0.4, -0.2) is 34.9 Å². The first-order valence-electron chi connectivity index (χ1n) is 11.0. The van der Waals surface area contributed by atoms with Gasteiger partial charge in [0.1, 0.15) is 5.82 Å². The summed E-state index contributed by atoms with van der Waals surface area (Å²) in [6.07, 6.45) is 1.44. The van der Waals surface area contributed by atoms with Crippen LogP contribution in [0.4, 0.5) is 15.8 Å². The normalized spacial score (nSPS) is 14.7. The van der Waals surface area contributed by atoms with Crippen molar-refractivity contribution in [2.75, 3.05) is 18.0 Å². The van der Waals surface area contributed by atoms with Crippen molar-refractivity contribution >= 4 is 17.3 Å². The fourth-order valence-electron chi connectivity index (χ4n) is 4.41. The van der Waals surface area contributed by atoms with Crippen molar-refractivity contribution in [2.45, 2.75) is 32.4 Å². The summed E-state index contributed by atoms with van der Waals surface area (Å²) >= 11 is 0. The molecule has 0 spiro atoms. The minimum atomic E-state index is -0.348. The molecule has 1 aliphatic rings. The topological polar surface area (TPSA) is 66.7 Å². The van der Waals surface area contributed by atoms with Crippen molar-refractivity contribution in [3.63, 3.8) is 0 Å². The van der Waals surface area contributed by atoms with E-state index in [2.05, 4.69) is 4.90 Å². The minimum absolute atomic E-state index is 0.0505. The van der Waals surface area contributed by atoms with E-state index < -0.39 is 0 Å². The molecular weight excluding hydrogens is 421 g/mol. The van der Waals surface area contributed by atoms with Crippen LogP contribution in [0.25, 0.3) is 0 Å². The molecule has 0 N–H and O–H groups in total. The number of piperidine rings is 1. The number of carbonyl (C=O) groups is 1. The Morgan fingerprint density at radius 1 is 1.06 bits per heavy atom. The Labute approximate surface area is 192 Å². The number of aryl methyl sites for hydroxylation is 1. The Bertz CT molecular complexity index is 1140. The maximum absolute atomic E-state index is 13.6. The summed E-state index contributed by atoms with van der Waals surface area (Å²) in [6, 6.07) is 20.2. The third kappa shape index (κ3) is 5.26. The zero-order chi connectivity index (χ0) is 23.4. The number of anilines is 1. The standard InChI is InChI=1S/C26H26FN3O3/c1-19-5-4-7-20(17-19)26(31)29(23-11-9-22(27)10-12-23)24-13-15-28(16-14-24)18-21-6-2-3-8-25(21)30(32)33/h2-12,17,24H,13-16,18H2,1H3. The molecule has 0 aliphatic carbocycles. The number of halogens is 1. The van der Waals surface area contributed by atoms with Gasteiger partial charge in [-0.2, -0.15) is 0 Å². The molecule has 0 bridgehead atoms. The fraction of sp³-hybridized carbons (Fsp3) is 0.269. The van der Waals surface area contributed by atoms with Crippen LogP contribution in [0.5, 0.6) is 0 Å². The zero-order valence-corrected chi connectivity index (χ0v) is 18.5. The Morgan fingerprint density at radius 2 is 1.76 bits per heavy atom. The van der Waals surface area contributed by atoms with E-state index in [1.165, 1.54) is 18.2 Å². The Balaban J connectivity index is 1.53. The lowest BCUT2D eigenvalue weighted by atomic mass is 9.99. The summed E-state index contributed by atoms with van der Waals surface area (Å²) in [5.41, 5.74) is 3.08. The molecule has 0 radical (unpaired) electrons. The van der Waals surface area contributed by atoms with Gasteiger partial charge in [-0.3, -0.25) is 19.8 Å². The summed E-state index contributed by atoms with van der Waals surface area (Å²) in [4.78, 5) is 28.5. The van der Waals surface area contributed by atoms with E-state index in [1.54, 1.807) is 35.2 Å². The lowest BCUT2D eigenvalue weighted by molar-refractivity contribution is -0.385. The number of amides is 1. The zero-order valence-electron chi connectivity index (χ0n) is 18.5. The molecule has 7 heteroatoms. The van der Waals surface area contributed by atoms with Gasteiger partial charge in [-0.25, -0.2) is 4.39 Å². The van der Waals surface area contributed by atoms with Crippen molar-refractivity contribution in [3.8, 4) is 0 Å². The highest BCUT2D eigenvalue weighted by Gasteiger charge is 2.30. The molecular formula is C26H26FN3O3. The molecule has 0 atom stereocenters. The molecule has 0 unspecified atom stereocenters. The van der Waals surface area contributed by atoms with Crippen LogP contribution in [-0.2, 0) is 6.54 Å². The molecule has 3 aromatic carbocycles. The maximum Gasteiger partial charge on any atom is 0.273 e. The lowest BCUT2D eigenvalue weighted by Gasteiger charge is -2.38. The summed E-state index contributed by atoms with van der Waals surface area (Å²) in [5, 5.41) is 11.3. The highest BCUT2D eigenvalue weighted by Crippen LogP contribution is 2.28. The van der Waals surface area contributed by atoms with Crippen LogP contribution < -0.4 is 4.90 Å². The molecule has 0 saturated carbocycles. The van der Waals surface area contributed by atoms with Gasteiger partial charge in [-0.05, 0) is 56.2 Å². The number of nitro benzene ring substituents is 1. The summed E-state index contributed by atoms with van der Waals surface area (Å²) in [6.45, 7) is 3.84. The molecule has 0 aromatic heterocycles. The average molecular weight is 448 g/mol. The van der Waals surface area contributed by atoms with Crippen LogP contribution in [0.1, 0.15) is 34.3 Å². The van der Waals surface area contributed by atoms with Gasteiger partial charge >= 0.3 is 0 Å². The van der Waals surface area contributed by atoms with Crippen LogP contribution in [0.3, 0.4) is 0 Å². The first-order chi connectivity index (χ1) is 15.9. The minimum Gasteiger partial charge on any atom is -0.305 e. The number of carbonyl (C=O) groups excluding carboxylic acids is 1. The number of nitro groups is 1. The van der Waals surface area contributed by atoms with Gasteiger partial charge in [-0.15, -0.1) is 0 Å². The number of hydrogen-bond donors (Lipinski definition) is 0. The first-order valence-corrected chi connectivity index (χ1v) is 11.0.